The Balaban J connectivity index is 1.90. The summed E-state index contributed by atoms with van der Waals surface area (Å²) in [6.07, 6.45) is 7.40. The Labute approximate surface area is 94.1 Å². The summed E-state index contributed by atoms with van der Waals surface area (Å²) in [7, 11) is 0. The fourth-order valence-electron chi connectivity index (χ4n) is 1.78. The Hall–Kier alpha value is -0.340. The molecule has 0 atom stereocenters. The summed E-state index contributed by atoms with van der Waals surface area (Å²) in [5, 5.41) is 3.48. The van der Waals surface area contributed by atoms with Gasteiger partial charge in [0, 0.05) is 6.54 Å². The van der Waals surface area contributed by atoms with E-state index in [1.807, 2.05) is 0 Å². The van der Waals surface area contributed by atoms with E-state index in [0.717, 1.165) is 38.6 Å². The van der Waals surface area contributed by atoms with Gasteiger partial charge in [-0.3, -0.25) is 0 Å². The van der Waals surface area contributed by atoms with Crippen molar-refractivity contribution in [3.63, 3.8) is 0 Å². The lowest BCUT2D eigenvalue weighted by molar-refractivity contribution is 0.149. The Bertz CT molecular complexity index is 187. The Morgan fingerprint density at radius 2 is 2.27 bits per heavy atom. The monoisotopic (exact) mass is 211 g/mol. The molecule has 0 saturated heterocycles. The maximum Gasteiger partial charge on any atom is 0.0689 e. The van der Waals surface area contributed by atoms with Gasteiger partial charge in [-0.25, -0.2) is 0 Å². The molecule has 1 heterocycles. The minimum absolute atomic E-state index is 0.832. The molecule has 0 fully saturated rings. The zero-order valence-corrected chi connectivity index (χ0v) is 10.2. The highest BCUT2D eigenvalue weighted by atomic mass is 16.5. The Kier molecular flexibility index (Phi) is 6.69. The van der Waals surface area contributed by atoms with E-state index in [0.29, 0.717) is 0 Å². The second kappa shape index (κ2) is 7.89. The predicted molar refractivity (Wildman–Crippen MR) is 65.1 cm³/mol. The maximum atomic E-state index is 5.38. The molecule has 0 radical (unpaired) electrons. The van der Waals surface area contributed by atoms with Crippen LogP contribution in [0.2, 0.25) is 0 Å². The molecule has 2 nitrogen and oxygen atoms in total. The van der Waals surface area contributed by atoms with Crippen LogP contribution in [0.5, 0.6) is 0 Å². The van der Waals surface area contributed by atoms with E-state index >= 15 is 0 Å². The van der Waals surface area contributed by atoms with Crippen molar-refractivity contribution in [2.45, 2.75) is 39.5 Å². The summed E-state index contributed by atoms with van der Waals surface area (Å²) in [4.78, 5) is 0. The molecule has 0 aromatic heterocycles. The van der Waals surface area contributed by atoms with Crippen LogP contribution in [-0.2, 0) is 4.74 Å². The fourth-order valence-corrected chi connectivity index (χ4v) is 1.78. The van der Waals surface area contributed by atoms with E-state index in [9.17, 15) is 0 Å². The van der Waals surface area contributed by atoms with Crippen LogP contribution in [0.4, 0.5) is 0 Å². The molecule has 1 aliphatic rings. The highest BCUT2D eigenvalue weighted by Gasteiger charge is 2.02. The maximum absolute atomic E-state index is 5.38. The molecule has 0 aromatic carbocycles. The number of hydrogen-bond acceptors (Lipinski definition) is 2. The van der Waals surface area contributed by atoms with Crippen molar-refractivity contribution in [1.82, 2.24) is 5.32 Å². The second-order valence-corrected chi connectivity index (χ2v) is 4.77. The molecule has 1 rings (SSSR count). The molecule has 15 heavy (non-hydrogen) atoms. The van der Waals surface area contributed by atoms with Gasteiger partial charge in [0.1, 0.15) is 0 Å². The quantitative estimate of drug-likeness (QED) is 0.516. The van der Waals surface area contributed by atoms with Crippen LogP contribution >= 0.6 is 0 Å². The van der Waals surface area contributed by atoms with E-state index < -0.39 is 0 Å². The van der Waals surface area contributed by atoms with Gasteiger partial charge in [-0.05, 0) is 30.9 Å². The third-order valence-corrected chi connectivity index (χ3v) is 2.72. The molecule has 1 aliphatic heterocycles. The summed E-state index contributed by atoms with van der Waals surface area (Å²) in [5.41, 5.74) is 1.42. The average molecular weight is 211 g/mol. The largest absolute Gasteiger partial charge is 0.377 e. The van der Waals surface area contributed by atoms with Crippen molar-refractivity contribution in [2.24, 2.45) is 5.92 Å². The van der Waals surface area contributed by atoms with Crippen molar-refractivity contribution in [3.05, 3.63) is 11.6 Å². The Morgan fingerprint density at radius 3 is 2.93 bits per heavy atom. The van der Waals surface area contributed by atoms with E-state index in [1.165, 1.54) is 24.8 Å². The normalized spacial score (nSPS) is 16.9. The summed E-state index contributed by atoms with van der Waals surface area (Å²) in [6.45, 7) is 8.47. The van der Waals surface area contributed by atoms with Crippen molar-refractivity contribution in [3.8, 4) is 0 Å². The molecule has 0 bridgehead atoms. The van der Waals surface area contributed by atoms with Gasteiger partial charge in [0.2, 0.25) is 0 Å². The van der Waals surface area contributed by atoms with Gasteiger partial charge < -0.3 is 10.1 Å². The van der Waals surface area contributed by atoms with Crippen LogP contribution in [0.1, 0.15) is 39.5 Å². The summed E-state index contributed by atoms with van der Waals surface area (Å²) in [6, 6.07) is 0. The van der Waals surface area contributed by atoms with Gasteiger partial charge in [-0.1, -0.05) is 32.8 Å². The number of ether oxygens (including phenoxy) is 1. The van der Waals surface area contributed by atoms with E-state index in [2.05, 4.69) is 25.2 Å². The van der Waals surface area contributed by atoms with Gasteiger partial charge in [0.25, 0.3) is 0 Å². The average Bonchev–Trinajstić information content (AvgIpc) is 2.24. The van der Waals surface area contributed by atoms with E-state index in [-0.39, 0.29) is 0 Å². The highest BCUT2D eigenvalue weighted by Crippen LogP contribution is 2.06. The van der Waals surface area contributed by atoms with Crippen LogP contribution in [-0.4, -0.2) is 26.3 Å². The van der Waals surface area contributed by atoms with E-state index in [1.54, 1.807) is 0 Å². The lowest BCUT2D eigenvalue weighted by Gasteiger charge is -2.14. The first kappa shape index (κ1) is 12.7. The van der Waals surface area contributed by atoms with Gasteiger partial charge in [-0.15, -0.1) is 0 Å². The third-order valence-electron chi connectivity index (χ3n) is 2.72. The minimum atomic E-state index is 0.832. The number of nitrogens with one attached hydrogen (secondary N) is 1. The number of hydrogen-bond donors (Lipinski definition) is 1. The summed E-state index contributed by atoms with van der Waals surface area (Å²) < 4.78 is 5.38. The molecule has 1 N–H and O–H groups in total. The van der Waals surface area contributed by atoms with Crippen molar-refractivity contribution >= 4 is 0 Å². The number of rotatable bonds is 7. The smallest absolute Gasteiger partial charge is 0.0689 e. The fraction of sp³-hybridized carbons (Fsp3) is 0.846. The predicted octanol–water partition coefficient (Wildman–Crippen LogP) is 2.75. The van der Waals surface area contributed by atoms with Crippen molar-refractivity contribution in [1.29, 1.82) is 0 Å². The molecule has 88 valence electrons. The topological polar surface area (TPSA) is 21.3 Å². The number of unbranched alkanes of at least 4 members (excludes halogenated alkanes) is 1. The zero-order valence-electron chi connectivity index (χ0n) is 10.2. The molecule has 0 saturated carbocycles. The SMILES string of the molecule is CC(C)CCCCNCC1=CCCOC1. The highest BCUT2D eigenvalue weighted by molar-refractivity contribution is 5.06. The van der Waals surface area contributed by atoms with Crippen LogP contribution in [0.25, 0.3) is 0 Å². The van der Waals surface area contributed by atoms with Crippen molar-refractivity contribution in [2.75, 3.05) is 26.3 Å². The van der Waals surface area contributed by atoms with Crippen LogP contribution < -0.4 is 5.32 Å². The molecule has 0 unspecified atom stereocenters. The standard InChI is InChI=1S/C13H25NO/c1-12(2)6-3-4-8-14-10-13-7-5-9-15-11-13/h7,12,14H,3-6,8-11H2,1-2H3. The molecule has 0 aromatic rings. The molecule has 2 heteroatoms. The molecule has 0 aliphatic carbocycles. The minimum Gasteiger partial charge on any atom is -0.377 e. The first-order valence-electron chi connectivity index (χ1n) is 6.25. The first-order chi connectivity index (χ1) is 7.29. The van der Waals surface area contributed by atoms with Gasteiger partial charge in [-0.2, -0.15) is 0 Å². The lowest BCUT2D eigenvalue weighted by atomic mass is 10.1. The van der Waals surface area contributed by atoms with Crippen LogP contribution in [0.15, 0.2) is 11.6 Å². The molecular formula is C13H25NO. The van der Waals surface area contributed by atoms with Gasteiger partial charge >= 0.3 is 0 Å². The summed E-state index contributed by atoms with van der Waals surface area (Å²) in [5.74, 6) is 0.847. The third kappa shape index (κ3) is 6.69. The second-order valence-electron chi connectivity index (χ2n) is 4.77. The Morgan fingerprint density at radius 1 is 1.40 bits per heavy atom. The summed E-state index contributed by atoms with van der Waals surface area (Å²) >= 11 is 0. The van der Waals surface area contributed by atoms with Crippen LogP contribution in [0.3, 0.4) is 0 Å². The molecule has 0 amide bonds. The first-order valence-corrected chi connectivity index (χ1v) is 6.25. The van der Waals surface area contributed by atoms with Crippen molar-refractivity contribution < 1.29 is 4.74 Å². The van der Waals surface area contributed by atoms with Gasteiger partial charge in [0.05, 0.1) is 13.2 Å². The molecule has 0 spiro atoms. The van der Waals surface area contributed by atoms with Crippen LogP contribution in [0, 0.1) is 5.92 Å². The van der Waals surface area contributed by atoms with E-state index in [4.69, 9.17) is 4.74 Å². The zero-order chi connectivity index (χ0) is 10.9. The van der Waals surface area contributed by atoms with Gasteiger partial charge in [0.15, 0.2) is 0 Å². The molecular weight excluding hydrogens is 186 g/mol. The lowest BCUT2D eigenvalue weighted by Crippen LogP contribution is -2.22.